The molecule has 6 atom stereocenters. The Kier molecular flexibility index (Phi) is 14.7. The molecule has 0 radical (unpaired) electrons. The largest absolute Gasteiger partial charge is 0.374 e. The van der Waals surface area contributed by atoms with Gasteiger partial charge >= 0.3 is 0 Å². The lowest BCUT2D eigenvalue weighted by Gasteiger charge is -2.48. The summed E-state index contributed by atoms with van der Waals surface area (Å²) in [5, 5.41) is 0. The standard InChI is InChI=1S/C48H48O6S/c1-7-19-37(20-8-1)31-49-36-43(50-32-38-21-9-2-10-22-38)44-45(51-33-39-23-11-3-12-24-39)46(52-34-40-25-13-4-14-26-40)47(53-35-41-27-15-5-16-28-41)48(54-44)55-42-29-17-6-18-30-42/h1-30,43-48H,31-36H2/t43-,44-,45-,46+,47+,48-/m1/s1. The minimum absolute atomic E-state index is 0.279. The summed E-state index contributed by atoms with van der Waals surface area (Å²) in [6, 6.07) is 61.4. The first-order chi connectivity index (χ1) is 27.3. The van der Waals surface area contributed by atoms with Crippen molar-refractivity contribution in [1.29, 1.82) is 0 Å². The van der Waals surface area contributed by atoms with Crippen LogP contribution in [0.3, 0.4) is 0 Å². The zero-order valence-electron chi connectivity index (χ0n) is 30.9. The molecular weight excluding hydrogens is 705 g/mol. The van der Waals surface area contributed by atoms with Crippen LogP contribution in [0.2, 0.25) is 0 Å². The maximum absolute atomic E-state index is 7.26. The molecule has 1 aliphatic heterocycles. The smallest absolute Gasteiger partial charge is 0.137 e. The quantitative estimate of drug-likeness (QED) is 0.0817. The number of hydrogen-bond acceptors (Lipinski definition) is 7. The monoisotopic (exact) mass is 752 g/mol. The molecule has 0 spiro atoms. The molecule has 0 unspecified atom stereocenters. The molecule has 55 heavy (non-hydrogen) atoms. The van der Waals surface area contributed by atoms with Crippen LogP contribution in [0.5, 0.6) is 0 Å². The molecule has 0 aliphatic carbocycles. The minimum atomic E-state index is -0.585. The van der Waals surface area contributed by atoms with Gasteiger partial charge in [-0.05, 0) is 39.9 Å². The lowest BCUT2D eigenvalue weighted by molar-refractivity contribution is -0.271. The van der Waals surface area contributed by atoms with Crippen LogP contribution in [0.25, 0.3) is 0 Å². The first kappa shape index (κ1) is 38.7. The van der Waals surface area contributed by atoms with Crippen LogP contribution >= 0.6 is 11.8 Å². The highest BCUT2D eigenvalue weighted by atomic mass is 32.2. The van der Waals surface area contributed by atoms with Crippen molar-refractivity contribution in [3.63, 3.8) is 0 Å². The van der Waals surface area contributed by atoms with Crippen LogP contribution in [-0.4, -0.2) is 42.6 Å². The van der Waals surface area contributed by atoms with E-state index in [1.807, 2.05) is 109 Å². The number of ether oxygens (including phenoxy) is 6. The Hall–Kier alpha value is -4.57. The molecule has 1 fully saturated rings. The van der Waals surface area contributed by atoms with Crippen molar-refractivity contribution in [2.24, 2.45) is 0 Å². The second-order valence-electron chi connectivity index (χ2n) is 13.5. The van der Waals surface area contributed by atoms with Crippen molar-refractivity contribution in [3.8, 4) is 0 Å². The first-order valence-electron chi connectivity index (χ1n) is 18.9. The second kappa shape index (κ2) is 20.9. The lowest BCUT2D eigenvalue weighted by atomic mass is 9.95. The summed E-state index contributed by atoms with van der Waals surface area (Å²) in [6.07, 6.45) is -2.72. The third-order valence-electron chi connectivity index (χ3n) is 9.45. The maximum Gasteiger partial charge on any atom is 0.137 e. The Bertz CT molecular complexity index is 1920. The van der Waals surface area contributed by atoms with Crippen LogP contribution in [0, 0.1) is 0 Å². The molecular formula is C48H48O6S. The molecule has 7 rings (SSSR count). The van der Waals surface area contributed by atoms with E-state index in [2.05, 4.69) is 72.8 Å². The van der Waals surface area contributed by atoms with E-state index in [1.54, 1.807) is 11.8 Å². The van der Waals surface area contributed by atoms with Gasteiger partial charge in [0.1, 0.15) is 36.0 Å². The predicted molar refractivity (Wildman–Crippen MR) is 217 cm³/mol. The van der Waals surface area contributed by atoms with Crippen molar-refractivity contribution < 1.29 is 28.4 Å². The summed E-state index contributed by atoms with van der Waals surface area (Å²) in [5.74, 6) is 0. The van der Waals surface area contributed by atoms with Crippen molar-refractivity contribution in [3.05, 3.63) is 210 Å². The summed E-state index contributed by atoms with van der Waals surface area (Å²) >= 11 is 1.63. The lowest BCUT2D eigenvalue weighted by Crippen LogP contribution is -2.63. The highest BCUT2D eigenvalue weighted by molar-refractivity contribution is 7.99. The van der Waals surface area contributed by atoms with Gasteiger partial charge in [-0.25, -0.2) is 0 Å². The average Bonchev–Trinajstić information content (AvgIpc) is 3.25. The van der Waals surface area contributed by atoms with Crippen molar-refractivity contribution in [2.45, 2.75) is 73.9 Å². The molecule has 0 saturated carbocycles. The molecule has 0 amide bonds. The Balaban J connectivity index is 1.26. The Morgan fingerprint density at radius 2 is 0.800 bits per heavy atom. The average molecular weight is 753 g/mol. The summed E-state index contributed by atoms with van der Waals surface area (Å²) < 4.78 is 41.4. The number of hydrogen-bond donors (Lipinski definition) is 0. The van der Waals surface area contributed by atoms with Crippen LogP contribution in [0.1, 0.15) is 27.8 Å². The van der Waals surface area contributed by atoms with Gasteiger partial charge in [-0.2, -0.15) is 0 Å². The highest BCUT2D eigenvalue weighted by Gasteiger charge is 2.51. The van der Waals surface area contributed by atoms with Crippen molar-refractivity contribution in [2.75, 3.05) is 6.61 Å². The minimum Gasteiger partial charge on any atom is -0.374 e. The zero-order chi connectivity index (χ0) is 37.3. The van der Waals surface area contributed by atoms with E-state index in [0.29, 0.717) is 33.0 Å². The van der Waals surface area contributed by atoms with Gasteiger partial charge in [0.15, 0.2) is 0 Å². The number of benzene rings is 6. The molecule has 6 aromatic rings. The van der Waals surface area contributed by atoms with Crippen molar-refractivity contribution in [1.82, 2.24) is 0 Å². The molecule has 6 nitrogen and oxygen atoms in total. The van der Waals surface area contributed by atoms with Gasteiger partial charge in [-0.3, -0.25) is 0 Å². The Morgan fingerprint density at radius 3 is 1.27 bits per heavy atom. The normalized spacial score (nSPS) is 20.2. The van der Waals surface area contributed by atoms with Crippen LogP contribution in [0.15, 0.2) is 187 Å². The van der Waals surface area contributed by atoms with Gasteiger partial charge in [0, 0.05) is 4.90 Å². The molecule has 1 aliphatic rings. The summed E-state index contributed by atoms with van der Waals surface area (Å²) in [5.41, 5.74) is 4.85. The van der Waals surface area contributed by atoms with Crippen molar-refractivity contribution >= 4 is 11.8 Å². The predicted octanol–water partition coefficient (Wildman–Crippen LogP) is 10.1. The van der Waals surface area contributed by atoms with E-state index >= 15 is 0 Å². The van der Waals surface area contributed by atoms with E-state index in [4.69, 9.17) is 28.4 Å². The van der Waals surface area contributed by atoms with Gasteiger partial charge in [0.2, 0.25) is 0 Å². The van der Waals surface area contributed by atoms with Gasteiger partial charge in [-0.15, -0.1) is 0 Å². The SMILES string of the molecule is c1ccc(COC[C@@H](OCc2ccccc2)[C@H]2O[C@H](Sc3ccccc3)[C@@H](OCc3ccccc3)[C@@H](OCc3ccccc3)[C@@H]2OCc2ccccc2)cc1. The molecule has 7 heteroatoms. The third-order valence-corrected chi connectivity index (χ3v) is 10.6. The van der Waals surface area contributed by atoms with E-state index in [0.717, 1.165) is 32.7 Å². The van der Waals surface area contributed by atoms with Gasteiger partial charge in [0.25, 0.3) is 0 Å². The molecule has 0 N–H and O–H groups in total. The summed E-state index contributed by atoms with van der Waals surface area (Å²) in [7, 11) is 0. The van der Waals surface area contributed by atoms with E-state index in [1.165, 1.54) is 0 Å². The Labute approximate surface area is 329 Å². The van der Waals surface area contributed by atoms with Gasteiger partial charge < -0.3 is 28.4 Å². The van der Waals surface area contributed by atoms with Crippen LogP contribution < -0.4 is 0 Å². The zero-order valence-corrected chi connectivity index (χ0v) is 31.7. The van der Waals surface area contributed by atoms with E-state index in [9.17, 15) is 0 Å². The number of thioether (sulfide) groups is 1. The number of rotatable bonds is 19. The third kappa shape index (κ3) is 11.7. The van der Waals surface area contributed by atoms with Gasteiger partial charge in [0.05, 0.1) is 39.6 Å². The summed E-state index contributed by atoms with van der Waals surface area (Å²) in [6.45, 7) is 2.21. The molecule has 1 saturated heterocycles. The topological polar surface area (TPSA) is 55.4 Å². The Morgan fingerprint density at radius 1 is 0.418 bits per heavy atom. The fraction of sp³-hybridized carbons (Fsp3) is 0.250. The second-order valence-corrected chi connectivity index (χ2v) is 14.7. The van der Waals surface area contributed by atoms with Crippen LogP contribution in [-0.2, 0) is 61.5 Å². The maximum atomic E-state index is 7.26. The highest BCUT2D eigenvalue weighted by Crippen LogP contribution is 2.40. The van der Waals surface area contributed by atoms with E-state index in [-0.39, 0.29) is 6.61 Å². The molecule has 0 aromatic heterocycles. The fourth-order valence-corrected chi connectivity index (χ4v) is 7.73. The molecule has 1 heterocycles. The first-order valence-corrected chi connectivity index (χ1v) is 19.8. The fourth-order valence-electron chi connectivity index (χ4n) is 6.60. The van der Waals surface area contributed by atoms with Gasteiger partial charge in [-0.1, -0.05) is 182 Å². The van der Waals surface area contributed by atoms with Crippen LogP contribution in [0.4, 0.5) is 0 Å². The summed E-state index contributed by atoms with van der Waals surface area (Å²) in [4.78, 5) is 1.06. The molecule has 0 bridgehead atoms. The molecule has 6 aromatic carbocycles. The molecule has 282 valence electrons. The van der Waals surface area contributed by atoms with E-state index < -0.39 is 36.0 Å².